The van der Waals surface area contributed by atoms with E-state index in [9.17, 15) is 14.0 Å². The highest BCUT2D eigenvalue weighted by molar-refractivity contribution is 5.92. The van der Waals surface area contributed by atoms with E-state index >= 15 is 0 Å². The molecule has 0 unspecified atom stereocenters. The molecule has 1 N–H and O–H groups in total. The molecule has 0 atom stereocenters. The van der Waals surface area contributed by atoms with Gasteiger partial charge in [0.2, 0.25) is 11.8 Å². The van der Waals surface area contributed by atoms with Crippen molar-refractivity contribution in [2.45, 2.75) is 13.5 Å². The lowest BCUT2D eigenvalue weighted by Crippen LogP contribution is -2.51. The highest BCUT2D eigenvalue weighted by Crippen LogP contribution is 2.15. The number of amides is 2. The maximum Gasteiger partial charge on any atom is 0.238 e. The number of benzene rings is 2. The maximum atomic E-state index is 13.9. The number of anilines is 1. The number of rotatable bonds is 7. The van der Waals surface area contributed by atoms with Crippen LogP contribution in [0.3, 0.4) is 0 Å². The lowest BCUT2D eigenvalue weighted by atomic mass is 10.2. The van der Waals surface area contributed by atoms with Crippen molar-refractivity contribution in [2.75, 3.05) is 51.6 Å². The number of halogens is 1. The minimum absolute atomic E-state index is 0.00572. The van der Waals surface area contributed by atoms with Gasteiger partial charge >= 0.3 is 0 Å². The summed E-state index contributed by atoms with van der Waals surface area (Å²) in [5, 5.41) is 2.56. The first-order valence-electron chi connectivity index (χ1n) is 10.2. The fourth-order valence-corrected chi connectivity index (χ4v) is 3.54. The largest absolute Gasteiger partial charge is 0.339 e. The van der Waals surface area contributed by atoms with E-state index in [1.807, 2.05) is 23.1 Å². The second-order valence-electron chi connectivity index (χ2n) is 7.85. The van der Waals surface area contributed by atoms with E-state index in [1.54, 1.807) is 31.0 Å². The van der Waals surface area contributed by atoms with E-state index < -0.39 is 5.82 Å². The Bertz CT molecular complexity index is 867. The van der Waals surface area contributed by atoms with Gasteiger partial charge in [0.15, 0.2) is 0 Å². The fourth-order valence-electron chi connectivity index (χ4n) is 3.54. The summed E-state index contributed by atoms with van der Waals surface area (Å²) in [6.07, 6.45) is 0. The van der Waals surface area contributed by atoms with Crippen molar-refractivity contribution < 1.29 is 14.0 Å². The average Bonchev–Trinajstić information content (AvgIpc) is 2.71. The number of hydrogen-bond acceptors (Lipinski definition) is 4. The van der Waals surface area contributed by atoms with Gasteiger partial charge in [-0.3, -0.25) is 19.4 Å². The van der Waals surface area contributed by atoms with Gasteiger partial charge in [-0.05, 0) is 37.2 Å². The monoisotopic (exact) mass is 412 g/mol. The topological polar surface area (TPSA) is 55.9 Å². The Morgan fingerprint density at radius 2 is 1.73 bits per heavy atom. The number of aryl methyl sites for hydroxylation is 1. The van der Waals surface area contributed by atoms with Crippen molar-refractivity contribution in [3.63, 3.8) is 0 Å². The highest BCUT2D eigenvalue weighted by atomic mass is 19.1. The molecule has 2 aromatic carbocycles. The van der Waals surface area contributed by atoms with E-state index in [0.29, 0.717) is 13.1 Å². The summed E-state index contributed by atoms with van der Waals surface area (Å²) in [4.78, 5) is 30.6. The molecule has 1 aliphatic heterocycles. The molecule has 0 radical (unpaired) electrons. The van der Waals surface area contributed by atoms with Crippen molar-refractivity contribution in [2.24, 2.45) is 0 Å². The minimum atomic E-state index is -0.463. The zero-order valence-corrected chi connectivity index (χ0v) is 17.6. The molecule has 6 nitrogen and oxygen atoms in total. The quantitative estimate of drug-likeness (QED) is 0.759. The van der Waals surface area contributed by atoms with Gasteiger partial charge in [0.1, 0.15) is 5.82 Å². The molecule has 0 aliphatic carbocycles. The molecule has 2 aromatic rings. The van der Waals surface area contributed by atoms with Crippen LogP contribution in [0.2, 0.25) is 0 Å². The van der Waals surface area contributed by atoms with Crippen LogP contribution in [0.4, 0.5) is 10.1 Å². The van der Waals surface area contributed by atoms with E-state index in [4.69, 9.17) is 0 Å². The average molecular weight is 413 g/mol. The third kappa shape index (κ3) is 6.37. The van der Waals surface area contributed by atoms with Crippen LogP contribution in [0, 0.1) is 12.7 Å². The maximum absolute atomic E-state index is 13.9. The Morgan fingerprint density at radius 3 is 2.40 bits per heavy atom. The number of nitrogens with one attached hydrogen (secondary N) is 1. The smallest absolute Gasteiger partial charge is 0.238 e. The fraction of sp³-hybridized carbons (Fsp3) is 0.391. The third-order valence-electron chi connectivity index (χ3n) is 5.19. The van der Waals surface area contributed by atoms with Crippen LogP contribution >= 0.6 is 0 Å². The second-order valence-corrected chi connectivity index (χ2v) is 7.85. The molecule has 0 aromatic heterocycles. The summed E-state index contributed by atoms with van der Waals surface area (Å²) in [6, 6.07) is 15.0. The van der Waals surface area contributed by atoms with Crippen LogP contribution in [-0.4, -0.2) is 72.8 Å². The Balaban J connectivity index is 1.40. The summed E-state index contributed by atoms with van der Waals surface area (Å²) in [5.41, 5.74) is 2.21. The summed E-state index contributed by atoms with van der Waals surface area (Å²) >= 11 is 0. The Labute approximate surface area is 177 Å². The Morgan fingerprint density at radius 1 is 1.03 bits per heavy atom. The first kappa shape index (κ1) is 21.9. The number of carbonyl (C=O) groups excluding carboxylic acids is 2. The van der Waals surface area contributed by atoms with Crippen LogP contribution in [0.15, 0.2) is 48.5 Å². The lowest BCUT2D eigenvalue weighted by Gasteiger charge is -2.35. The molecule has 160 valence electrons. The van der Waals surface area contributed by atoms with E-state index in [-0.39, 0.29) is 30.6 Å². The van der Waals surface area contributed by atoms with Gasteiger partial charge in [-0.2, -0.15) is 0 Å². The highest BCUT2D eigenvalue weighted by Gasteiger charge is 2.22. The van der Waals surface area contributed by atoms with E-state index in [2.05, 4.69) is 22.3 Å². The normalized spacial score (nSPS) is 14.7. The molecule has 0 bridgehead atoms. The van der Waals surface area contributed by atoms with Gasteiger partial charge in [0, 0.05) is 32.7 Å². The summed E-state index contributed by atoms with van der Waals surface area (Å²) in [7, 11) is 1.72. The standard InChI is InChI=1S/C23H29FN4O2/c1-18-8-9-21(20(24)14-18)25-22(29)16-26(2)17-23(30)28-12-10-27(11-13-28)15-19-6-4-3-5-7-19/h3-9,14H,10-13,15-17H2,1-2H3,(H,25,29). The number of hydrogen-bond donors (Lipinski definition) is 1. The van der Waals surface area contributed by atoms with Gasteiger partial charge in [-0.25, -0.2) is 4.39 Å². The van der Waals surface area contributed by atoms with Crippen LogP contribution in [0.5, 0.6) is 0 Å². The SMILES string of the molecule is Cc1ccc(NC(=O)CN(C)CC(=O)N2CCN(Cc3ccccc3)CC2)c(F)c1. The van der Waals surface area contributed by atoms with Crippen molar-refractivity contribution >= 4 is 17.5 Å². The molecular formula is C23H29FN4O2. The van der Waals surface area contributed by atoms with Crippen molar-refractivity contribution in [3.05, 3.63) is 65.5 Å². The summed E-state index contributed by atoms with van der Waals surface area (Å²) in [6.45, 7) is 5.87. The molecular weight excluding hydrogens is 383 g/mol. The molecule has 2 amide bonds. The summed E-state index contributed by atoms with van der Waals surface area (Å²) < 4.78 is 13.9. The van der Waals surface area contributed by atoms with Crippen LogP contribution in [-0.2, 0) is 16.1 Å². The second kappa shape index (κ2) is 10.3. The van der Waals surface area contributed by atoms with Crippen LogP contribution in [0.25, 0.3) is 0 Å². The van der Waals surface area contributed by atoms with Crippen molar-refractivity contribution in [1.82, 2.24) is 14.7 Å². The van der Waals surface area contributed by atoms with E-state index in [1.165, 1.54) is 11.6 Å². The molecule has 1 fully saturated rings. The Hall–Kier alpha value is -2.77. The van der Waals surface area contributed by atoms with Gasteiger partial charge in [0.05, 0.1) is 18.8 Å². The van der Waals surface area contributed by atoms with Gasteiger partial charge < -0.3 is 10.2 Å². The number of carbonyl (C=O) groups is 2. The molecule has 7 heteroatoms. The van der Waals surface area contributed by atoms with Crippen molar-refractivity contribution in [3.8, 4) is 0 Å². The third-order valence-corrected chi connectivity index (χ3v) is 5.19. The Kier molecular flexibility index (Phi) is 7.54. The van der Waals surface area contributed by atoms with Gasteiger partial charge in [-0.15, -0.1) is 0 Å². The first-order valence-corrected chi connectivity index (χ1v) is 10.2. The first-order chi connectivity index (χ1) is 14.4. The molecule has 1 aliphatic rings. The molecule has 1 heterocycles. The van der Waals surface area contributed by atoms with Crippen LogP contribution in [0.1, 0.15) is 11.1 Å². The predicted octanol–water partition coefficient (Wildman–Crippen LogP) is 2.35. The molecule has 1 saturated heterocycles. The minimum Gasteiger partial charge on any atom is -0.339 e. The predicted molar refractivity (Wildman–Crippen MR) is 116 cm³/mol. The molecule has 30 heavy (non-hydrogen) atoms. The van der Waals surface area contributed by atoms with E-state index in [0.717, 1.165) is 25.2 Å². The molecule has 3 rings (SSSR count). The summed E-state index contributed by atoms with van der Waals surface area (Å²) in [5.74, 6) is -0.803. The van der Waals surface area contributed by atoms with Crippen LogP contribution < -0.4 is 5.32 Å². The number of likely N-dealkylation sites (N-methyl/N-ethyl adjacent to an activating group) is 1. The zero-order valence-electron chi connectivity index (χ0n) is 17.6. The number of piperazine rings is 1. The van der Waals surface area contributed by atoms with Gasteiger partial charge in [0.25, 0.3) is 0 Å². The van der Waals surface area contributed by atoms with Gasteiger partial charge in [-0.1, -0.05) is 36.4 Å². The lowest BCUT2D eigenvalue weighted by molar-refractivity contribution is -0.134. The number of nitrogens with zero attached hydrogens (tertiary/aromatic N) is 3. The van der Waals surface area contributed by atoms with Crippen molar-refractivity contribution in [1.29, 1.82) is 0 Å². The molecule has 0 spiro atoms. The molecule has 0 saturated carbocycles. The zero-order chi connectivity index (χ0) is 21.5.